The number of nitrogens with zero attached hydrogens (tertiary/aromatic N) is 2. The number of ketones is 1. The number of carbonyl (C=O) groups is 2. The Morgan fingerprint density at radius 2 is 1.81 bits per heavy atom. The molecule has 0 bridgehead atoms. The van der Waals surface area contributed by atoms with Crippen molar-refractivity contribution in [2.75, 3.05) is 12.4 Å². The third-order valence-electron chi connectivity index (χ3n) is 4.70. The molecule has 0 saturated carbocycles. The van der Waals surface area contributed by atoms with E-state index in [1.807, 2.05) is 13.8 Å². The molecule has 7 nitrogen and oxygen atoms in total. The highest BCUT2D eigenvalue weighted by Gasteiger charge is 2.33. The van der Waals surface area contributed by atoms with Gasteiger partial charge >= 0.3 is 0 Å². The van der Waals surface area contributed by atoms with E-state index in [-0.39, 0.29) is 51.4 Å². The molecule has 1 aliphatic rings. The molecule has 1 amide bonds. The zero-order chi connectivity index (χ0) is 22.8. The minimum absolute atomic E-state index is 0.0716. The minimum Gasteiger partial charge on any atom is -0.510 e. The highest BCUT2D eigenvalue weighted by atomic mass is 35.5. The number of aliphatic hydroxyl groups excluding tert-OH is 1. The third-order valence-corrected chi connectivity index (χ3v) is 5.27. The van der Waals surface area contributed by atoms with Crippen LogP contribution in [0.25, 0.3) is 0 Å². The molecule has 2 aromatic carbocycles. The van der Waals surface area contributed by atoms with E-state index in [1.54, 1.807) is 24.3 Å². The van der Waals surface area contributed by atoms with Crippen molar-refractivity contribution in [2.45, 2.75) is 26.7 Å². The molecule has 2 aromatic rings. The summed E-state index contributed by atoms with van der Waals surface area (Å²) < 4.78 is 5.33. The summed E-state index contributed by atoms with van der Waals surface area (Å²) in [6.07, 6.45) is 0.597. The number of amides is 1. The zero-order valence-corrected chi connectivity index (χ0v) is 18.7. The number of hydrogen-bond donors (Lipinski definition) is 2. The molecule has 2 N–H and O–H groups in total. The van der Waals surface area contributed by atoms with E-state index < -0.39 is 0 Å². The number of halogens is 2. The summed E-state index contributed by atoms with van der Waals surface area (Å²) >= 11 is 12.2. The summed E-state index contributed by atoms with van der Waals surface area (Å²) in [5.74, 6) is -0.472. The average molecular weight is 462 g/mol. The normalized spacial score (nSPS) is 16.0. The fourth-order valence-electron chi connectivity index (χ4n) is 3.17. The van der Waals surface area contributed by atoms with E-state index in [0.717, 1.165) is 0 Å². The maximum absolute atomic E-state index is 12.5. The first kappa shape index (κ1) is 22.8. The lowest BCUT2D eigenvalue weighted by molar-refractivity contribution is -0.118. The van der Waals surface area contributed by atoms with Crippen LogP contribution in [0.15, 0.2) is 58.1 Å². The molecule has 0 atom stereocenters. The molecule has 1 aliphatic carbocycles. The van der Waals surface area contributed by atoms with Gasteiger partial charge in [0, 0.05) is 29.5 Å². The van der Waals surface area contributed by atoms with Crippen molar-refractivity contribution >= 4 is 46.3 Å². The Labute approximate surface area is 189 Å². The number of rotatable bonds is 5. The van der Waals surface area contributed by atoms with Crippen molar-refractivity contribution in [1.29, 1.82) is 0 Å². The second-order valence-electron chi connectivity index (χ2n) is 7.90. The molecular formula is C22H21Cl2N3O4. The van der Waals surface area contributed by atoms with Gasteiger partial charge in [0.2, 0.25) is 0 Å². The summed E-state index contributed by atoms with van der Waals surface area (Å²) in [6.45, 7) is 3.80. The van der Waals surface area contributed by atoms with Crippen LogP contribution < -0.4 is 10.1 Å². The Kier molecular flexibility index (Phi) is 6.67. The zero-order valence-electron chi connectivity index (χ0n) is 17.2. The van der Waals surface area contributed by atoms with Crippen LogP contribution in [0.3, 0.4) is 0 Å². The molecule has 0 heterocycles. The van der Waals surface area contributed by atoms with Crippen molar-refractivity contribution < 1.29 is 19.4 Å². The lowest BCUT2D eigenvalue weighted by atomic mass is 9.78. The molecule has 31 heavy (non-hydrogen) atoms. The average Bonchev–Trinajstić information content (AvgIpc) is 2.68. The maximum Gasteiger partial charge on any atom is 0.255 e. The molecule has 162 valence electrons. The number of benzene rings is 2. The van der Waals surface area contributed by atoms with E-state index in [2.05, 4.69) is 15.5 Å². The highest BCUT2D eigenvalue weighted by molar-refractivity contribution is 6.34. The smallest absolute Gasteiger partial charge is 0.255 e. The van der Waals surface area contributed by atoms with E-state index >= 15 is 0 Å². The van der Waals surface area contributed by atoms with Gasteiger partial charge in [-0.15, -0.1) is 10.2 Å². The van der Waals surface area contributed by atoms with Gasteiger partial charge in [-0.25, -0.2) is 0 Å². The molecule has 3 rings (SSSR count). The Hall–Kier alpha value is -2.90. The summed E-state index contributed by atoms with van der Waals surface area (Å²) in [4.78, 5) is 24.8. The fourth-order valence-corrected chi connectivity index (χ4v) is 3.50. The molecule has 9 heteroatoms. The number of hydrogen-bond acceptors (Lipinski definition) is 6. The Bertz CT molecular complexity index is 1090. The van der Waals surface area contributed by atoms with Gasteiger partial charge in [0.25, 0.3) is 5.91 Å². The standard InChI is InChI=1S/C22H21Cl2N3O4/c1-22(2)10-17(28)20(18(29)11-22)27-26-16-8-14(24)15(9-19(16)31-3)25-21(30)12-4-6-13(23)7-5-12/h4-9,28H,10-11H2,1-3H3,(H,25,30). The summed E-state index contributed by atoms with van der Waals surface area (Å²) in [6, 6.07) is 9.36. The lowest BCUT2D eigenvalue weighted by Gasteiger charge is -2.27. The van der Waals surface area contributed by atoms with Gasteiger partial charge in [0.05, 0.1) is 17.8 Å². The van der Waals surface area contributed by atoms with Crippen molar-refractivity contribution in [1.82, 2.24) is 0 Å². The summed E-state index contributed by atoms with van der Waals surface area (Å²) in [5, 5.41) is 21.6. The first-order valence-corrected chi connectivity index (χ1v) is 10.2. The monoisotopic (exact) mass is 461 g/mol. The van der Waals surface area contributed by atoms with Crippen LogP contribution in [0, 0.1) is 5.41 Å². The summed E-state index contributed by atoms with van der Waals surface area (Å²) in [7, 11) is 1.43. The van der Waals surface area contributed by atoms with Gasteiger partial charge in [-0.1, -0.05) is 37.0 Å². The number of anilines is 1. The predicted octanol–water partition coefficient (Wildman–Crippen LogP) is 6.50. The van der Waals surface area contributed by atoms with E-state index in [0.29, 0.717) is 22.7 Å². The number of azo groups is 1. The van der Waals surface area contributed by atoms with Crippen molar-refractivity contribution in [3.63, 3.8) is 0 Å². The third kappa shape index (κ3) is 5.42. The molecule has 0 spiro atoms. The number of aliphatic hydroxyl groups is 1. The van der Waals surface area contributed by atoms with Gasteiger partial charge in [-0.05, 0) is 35.7 Å². The van der Waals surface area contributed by atoms with Crippen molar-refractivity contribution in [3.8, 4) is 5.75 Å². The van der Waals surface area contributed by atoms with E-state index in [4.69, 9.17) is 27.9 Å². The lowest BCUT2D eigenvalue weighted by Crippen LogP contribution is -2.25. The van der Waals surface area contributed by atoms with Crippen LogP contribution in [0.1, 0.15) is 37.0 Å². The Morgan fingerprint density at radius 1 is 1.13 bits per heavy atom. The van der Waals surface area contributed by atoms with Crippen LogP contribution in [0.5, 0.6) is 5.75 Å². The van der Waals surface area contributed by atoms with Crippen LogP contribution in [0.2, 0.25) is 10.0 Å². The molecule has 0 aliphatic heterocycles. The van der Waals surface area contributed by atoms with Crippen LogP contribution in [-0.4, -0.2) is 23.9 Å². The second-order valence-corrected chi connectivity index (χ2v) is 8.74. The largest absolute Gasteiger partial charge is 0.510 e. The number of methoxy groups -OCH3 is 1. The minimum atomic E-state index is -0.375. The first-order chi connectivity index (χ1) is 14.6. The van der Waals surface area contributed by atoms with Crippen LogP contribution in [0.4, 0.5) is 11.4 Å². The molecule has 0 unspecified atom stereocenters. The van der Waals surface area contributed by atoms with Gasteiger partial charge < -0.3 is 15.2 Å². The summed E-state index contributed by atoms with van der Waals surface area (Å²) in [5.41, 5.74) is 0.567. The Balaban J connectivity index is 1.86. The molecular weight excluding hydrogens is 441 g/mol. The van der Waals surface area contributed by atoms with Gasteiger partial charge in [0.15, 0.2) is 11.5 Å². The number of Topliss-reactive ketones (excluding diaryl/α,β-unsaturated/α-hetero) is 1. The van der Waals surface area contributed by atoms with Crippen molar-refractivity contribution in [3.05, 3.63) is 63.5 Å². The number of carbonyl (C=O) groups excluding carboxylic acids is 2. The quantitative estimate of drug-likeness (QED) is 0.496. The van der Waals surface area contributed by atoms with Crippen LogP contribution in [-0.2, 0) is 4.79 Å². The maximum atomic E-state index is 12.5. The highest BCUT2D eigenvalue weighted by Crippen LogP contribution is 2.39. The number of nitrogens with one attached hydrogen (secondary N) is 1. The predicted molar refractivity (Wildman–Crippen MR) is 120 cm³/mol. The molecule has 0 aromatic heterocycles. The molecule has 0 radical (unpaired) electrons. The van der Waals surface area contributed by atoms with Gasteiger partial charge in [-0.2, -0.15) is 0 Å². The van der Waals surface area contributed by atoms with Crippen molar-refractivity contribution in [2.24, 2.45) is 15.6 Å². The van der Waals surface area contributed by atoms with E-state index in [9.17, 15) is 14.7 Å². The fraction of sp³-hybridized carbons (Fsp3) is 0.273. The Morgan fingerprint density at radius 3 is 2.42 bits per heavy atom. The van der Waals surface area contributed by atoms with Crippen LogP contribution >= 0.6 is 23.2 Å². The second kappa shape index (κ2) is 9.08. The van der Waals surface area contributed by atoms with Gasteiger partial charge in [0.1, 0.15) is 17.2 Å². The van der Waals surface area contributed by atoms with E-state index in [1.165, 1.54) is 19.2 Å². The van der Waals surface area contributed by atoms with Gasteiger partial charge in [-0.3, -0.25) is 9.59 Å². The first-order valence-electron chi connectivity index (χ1n) is 9.41. The molecule has 0 saturated heterocycles. The molecule has 0 fully saturated rings. The number of allylic oxidation sites excluding steroid dienone is 2. The topological polar surface area (TPSA) is 100 Å². The number of ether oxygens (including phenoxy) is 1. The SMILES string of the molecule is COc1cc(NC(=O)c2ccc(Cl)cc2)c(Cl)cc1N=NC1=C(O)CC(C)(C)CC1=O.